The van der Waals surface area contributed by atoms with Crippen molar-refractivity contribution in [2.24, 2.45) is 0 Å². The molecule has 0 spiro atoms. The number of aromatic nitrogens is 2. The number of halogens is 3. The van der Waals surface area contributed by atoms with E-state index in [9.17, 15) is 23.2 Å². The number of nitrogens with zero attached hydrogens (tertiary/aromatic N) is 2. The second-order valence-electron chi connectivity index (χ2n) is 8.67. The standard InChI is InChI=1S/C28H20F3N3OS/c1-16-3-6-20(17(2)13-16)26(34-12-10-22(28(29,30)31)21(15-32)27(34)35)25-8-7-24(36-25)19-5-4-18-9-11-33-23(18)14-19/h3-14,26,33H,1-2H3. The quantitative estimate of drug-likeness (QED) is 0.282. The van der Waals surface area contributed by atoms with Gasteiger partial charge in [-0.1, -0.05) is 35.9 Å². The number of thiophene rings is 1. The van der Waals surface area contributed by atoms with E-state index >= 15 is 0 Å². The summed E-state index contributed by atoms with van der Waals surface area (Å²) in [5.74, 6) is 0. The highest BCUT2D eigenvalue weighted by molar-refractivity contribution is 7.15. The van der Waals surface area contributed by atoms with Crippen molar-refractivity contribution < 1.29 is 13.2 Å². The van der Waals surface area contributed by atoms with E-state index in [0.717, 1.165) is 55.2 Å². The van der Waals surface area contributed by atoms with Crippen LogP contribution in [0.3, 0.4) is 0 Å². The molecule has 0 aliphatic carbocycles. The van der Waals surface area contributed by atoms with E-state index in [-0.39, 0.29) is 0 Å². The van der Waals surface area contributed by atoms with Crippen LogP contribution < -0.4 is 5.56 Å². The molecule has 5 aromatic rings. The number of benzene rings is 2. The molecule has 0 radical (unpaired) electrons. The highest BCUT2D eigenvalue weighted by Gasteiger charge is 2.36. The minimum atomic E-state index is -4.80. The lowest BCUT2D eigenvalue weighted by Crippen LogP contribution is -2.30. The zero-order valence-electron chi connectivity index (χ0n) is 19.4. The first-order valence-corrected chi connectivity index (χ1v) is 12.0. The topological polar surface area (TPSA) is 61.6 Å². The molecule has 8 heteroatoms. The van der Waals surface area contributed by atoms with Crippen LogP contribution in [0, 0.1) is 25.2 Å². The van der Waals surface area contributed by atoms with Crippen molar-refractivity contribution in [2.45, 2.75) is 26.1 Å². The van der Waals surface area contributed by atoms with E-state index < -0.39 is 28.9 Å². The molecule has 4 nitrogen and oxygen atoms in total. The van der Waals surface area contributed by atoms with Crippen molar-refractivity contribution in [3.05, 3.63) is 116 Å². The first-order chi connectivity index (χ1) is 17.2. The van der Waals surface area contributed by atoms with Crippen molar-refractivity contribution in [3.63, 3.8) is 0 Å². The van der Waals surface area contributed by atoms with Gasteiger partial charge >= 0.3 is 6.18 Å². The number of fused-ring (bicyclic) bond motifs is 1. The maximum Gasteiger partial charge on any atom is 0.417 e. The Hall–Kier alpha value is -4.09. The molecule has 0 fully saturated rings. The van der Waals surface area contributed by atoms with Crippen molar-refractivity contribution in [1.82, 2.24) is 9.55 Å². The third-order valence-corrected chi connectivity index (χ3v) is 7.46. The Balaban J connectivity index is 1.70. The normalized spacial score (nSPS) is 12.6. The van der Waals surface area contributed by atoms with Crippen LogP contribution in [0.1, 0.15) is 38.7 Å². The minimum absolute atomic E-state index is 0.694. The summed E-state index contributed by atoms with van der Waals surface area (Å²) in [7, 11) is 0. The molecule has 0 amide bonds. The van der Waals surface area contributed by atoms with E-state index in [4.69, 9.17) is 0 Å². The molecule has 2 aromatic carbocycles. The molecule has 3 aromatic heterocycles. The fraction of sp³-hybridized carbons (Fsp3) is 0.143. The molecule has 180 valence electrons. The van der Waals surface area contributed by atoms with Gasteiger partial charge in [-0.25, -0.2) is 0 Å². The summed E-state index contributed by atoms with van der Waals surface area (Å²) in [6.45, 7) is 3.85. The van der Waals surface area contributed by atoms with Crippen molar-refractivity contribution in [2.75, 3.05) is 0 Å². The molecule has 0 aliphatic heterocycles. The van der Waals surface area contributed by atoms with E-state index in [0.29, 0.717) is 0 Å². The van der Waals surface area contributed by atoms with Gasteiger partial charge in [0.1, 0.15) is 11.6 Å². The van der Waals surface area contributed by atoms with Gasteiger partial charge in [-0.3, -0.25) is 4.79 Å². The fourth-order valence-electron chi connectivity index (χ4n) is 4.53. The Kier molecular flexibility index (Phi) is 5.81. The maximum absolute atomic E-state index is 13.5. The van der Waals surface area contributed by atoms with Gasteiger partial charge in [0.15, 0.2) is 0 Å². The lowest BCUT2D eigenvalue weighted by atomic mass is 9.97. The minimum Gasteiger partial charge on any atom is -0.361 e. The number of aryl methyl sites for hydroxylation is 2. The molecule has 5 rings (SSSR count). The number of hydrogen-bond acceptors (Lipinski definition) is 3. The Morgan fingerprint density at radius 2 is 1.83 bits per heavy atom. The van der Waals surface area contributed by atoms with Gasteiger partial charge < -0.3 is 9.55 Å². The van der Waals surface area contributed by atoms with Gasteiger partial charge in [0, 0.05) is 27.7 Å². The van der Waals surface area contributed by atoms with Crippen LogP contribution in [0.4, 0.5) is 13.2 Å². The highest BCUT2D eigenvalue weighted by atomic mass is 32.1. The second kappa shape index (κ2) is 8.85. The number of nitrogens with one attached hydrogen (secondary N) is 1. The summed E-state index contributed by atoms with van der Waals surface area (Å²) in [5, 5.41) is 10.5. The summed E-state index contributed by atoms with van der Waals surface area (Å²) < 4.78 is 41.7. The van der Waals surface area contributed by atoms with Crippen LogP contribution in [0.5, 0.6) is 0 Å². The summed E-state index contributed by atoms with van der Waals surface area (Å²) >= 11 is 1.46. The van der Waals surface area contributed by atoms with Crippen LogP contribution in [-0.4, -0.2) is 9.55 Å². The molecule has 3 heterocycles. The van der Waals surface area contributed by atoms with Crippen LogP contribution in [0.15, 0.2) is 77.9 Å². The lowest BCUT2D eigenvalue weighted by Gasteiger charge is -2.23. The third kappa shape index (κ3) is 4.12. The number of alkyl halides is 3. The van der Waals surface area contributed by atoms with Crippen molar-refractivity contribution >= 4 is 22.2 Å². The Labute approximate surface area is 208 Å². The predicted molar refractivity (Wildman–Crippen MR) is 135 cm³/mol. The molecule has 1 N–H and O–H groups in total. The van der Waals surface area contributed by atoms with Crippen LogP contribution in [-0.2, 0) is 6.18 Å². The largest absolute Gasteiger partial charge is 0.417 e. The number of nitriles is 1. The van der Waals surface area contributed by atoms with Gasteiger partial charge in [0.25, 0.3) is 5.56 Å². The highest BCUT2D eigenvalue weighted by Crippen LogP contribution is 2.38. The molecule has 0 aliphatic rings. The summed E-state index contributed by atoms with van der Waals surface area (Å²) in [5.41, 5.74) is 1.57. The second-order valence-corrected chi connectivity index (χ2v) is 9.79. The first-order valence-electron chi connectivity index (χ1n) is 11.1. The van der Waals surface area contributed by atoms with Crippen LogP contribution in [0.25, 0.3) is 21.3 Å². The molecular formula is C28H20F3N3OS. The number of rotatable bonds is 4. The van der Waals surface area contributed by atoms with Gasteiger partial charge in [-0.05, 0) is 66.3 Å². The SMILES string of the molecule is Cc1ccc(C(c2ccc(-c3ccc4cc[nH]c4c3)s2)n2ccc(C(F)(F)F)c(C#N)c2=O)c(C)c1. The molecule has 36 heavy (non-hydrogen) atoms. The summed E-state index contributed by atoms with van der Waals surface area (Å²) in [4.78, 5) is 18.2. The van der Waals surface area contributed by atoms with Crippen molar-refractivity contribution in [1.29, 1.82) is 5.26 Å². The van der Waals surface area contributed by atoms with Gasteiger partial charge in [-0.15, -0.1) is 11.3 Å². The van der Waals surface area contributed by atoms with Crippen LogP contribution >= 0.6 is 11.3 Å². The van der Waals surface area contributed by atoms with Crippen LogP contribution in [0.2, 0.25) is 0 Å². The van der Waals surface area contributed by atoms with E-state index in [1.54, 1.807) is 0 Å². The number of pyridine rings is 1. The molecular weight excluding hydrogens is 483 g/mol. The van der Waals surface area contributed by atoms with Gasteiger partial charge in [0.2, 0.25) is 0 Å². The monoisotopic (exact) mass is 503 g/mol. The average Bonchev–Trinajstić information content (AvgIpc) is 3.50. The molecule has 0 saturated carbocycles. The van der Waals surface area contributed by atoms with Gasteiger partial charge in [-0.2, -0.15) is 18.4 Å². The average molecular weight is 504 g/mol. The predicted octanol–water partition coefficient (Wildman–Crippen LogP) is 7.20. The molecule has 0 bridgehead atoms. The number of hydrogen-bond donors (Lipinski definition) is 1. The van der Waals surface area contributed by atoms with E-state index in [1.165, 1.54) is 22.0 Å². The zero-order valence-corrected chi connectivity index (χ0v) is 20.2. The van der Waals surface area contributed by atoms with E-state index in [1.807, 2.05) is 74.6 Å². The Morgan fingerprint density at radius 3 is 2.56 bits per heavy atom. The van der Waals surface area contributed by atoms with Crippen molar-refractivity contribution in [3.8, 4) is 16.5 Å². The Bertz CT molecular complexity index is 1700. The smallest absolute Gasteiger partial charge is 0.361 e. The molecule has 1 unspecified atom stereocenters. The lowest BCUT2D eigenvalue weighted by molar-refractivity contribution is -0.138. The number of aromatic amines is 1. The fourth-order valence-corrected chi connectivity index (χ4v) is 5.65. The zero-order chi connectivity index (χ0) is 25.6. The molecule has 1 atom stereocenters. The van der Waals surface area contributed by atoms with Gasteiger partial charge in [0.05, 0.1) is 11.6 Å². The summed E-state index contributed by atoms with van der Waals surface area (Å²) in [6.07, 6.45) is -1.79. The number of H-pyrrole nitrogens is 1. The third-order valence-electron chi connectivity index (χ3n) is 6.27. The maximum atomic E-state index is 13.5. The first kappa shape index (κ1) is 23.6. The Morgan fingerprint density at radius 1 is 1.03 bits per heavy atom. The summed E-state index contributed by atoms with van der Waals surface area (Å²) in [6, 6.07) is 19.2. The molecule has 0 saturated heterocycles. The van der Waals surface area contributed by atoms with E-state index in [2.05, 4.69) is 4.98 Å².